The average Bonchev–Trinajstić information content (AvgIpc) is 2.81. The molecule has 0 aromatic heterocycles. The molecule has 2 aromatic rings. The molecule has 0 fully saturated rings. The molecule has 0 bridgehead atoms. The van der Waals surface area contributed by atoms with Crippen molar-refractivity contribution >= 4 is 39.1 Å². The Morgan fingerprint density at radius 3 is 2.35 bits per heavy atom. The lowest BCUT2D eigenvalue weighted by Crippen LogP contribution is -2.50. The standard InChI is InChI=1S/C27H38ClN3O5S/c1-7-24(27(33)29-19(2)3)30(18-21-12-9-8-11-20(21)4)26(32)13-10-16-31(37(6,34)35)22-14-15-25(36-5)23(28)17-22/h8-9,11-12,14-15,17,19,24H,7,10,13,16,18H2,1-6H3,(H,29,33)/t24-/m1/s1. The van der Waals surface area contributed by atoms with Crippen molar-refractivity contribution < 1.29 is 22.7 Å². The topological polar surface area (TPSA) is 96.0 Å². The zero-order chi connectivity index (χ0) is 27.8. The van der Waals surface area contributed by atoms with E-state index in [1.807, 2.05) is 52.0 Å². The Bertz CT molecular complexity index is 1190. The van der Waals surface area contributed by atoms with Gasteiger partial charge in [-0.1, -0.05) is 42.8 Å². The number of carbonyl (C=O) groups is 2. The Morgan fingerprint density at radius 2 is 1.81 bits per heavy atom. The molecule has 1 N–H and O–H groups in total. The van der Waals surface area contributed by atoms with Gasteiger partial charge < -0.3 is 15.0 Å². The summed E-state index contributed by atoms with van der Waals surface area (Å²) >= 11 is 6.21. The number of hydrogen-bond donors (Lipinski definition) is 1. The summed E-state index contributed by atoms with van der Waals surface area (Å²) in [6.45, 7) is 7.98. The smallest absolute Gasteiger partial charge is 0.243 e. The molecule has 0 saturated carbocycles. The Hall–Kier alpha value is -2.78. The van der Waals surface area contributed by atoms with Crippen LogP contribution in [0.25, 0.3) is 0 Å². The van der Waals surface area contributed by atoms with Crippen LogP contribution < -0.4 is 14.4 Å². The summed E-state index contributed by atoms with van der Waals surface area (Å²) in [4.78, 5) is 28.1. The minimum Gasteiger partial charge on any atom is -0.495 e. The first-order valence-electron chi connectivity index (χ1n) is 12.3. The van der Waals surface area contributed by atoms with Crippen molar-refractivity contribution in [2.75, 3.05) is 24.2 Å². The van der Waals surface area contributed by atoms with Crippen molar-refractivity contribution in [3.63, 3.8) is 0 Å². The van der Waals surface area contributed by atoms with E-state index in [-0.39, 0.29) is 42.3 Å². The molecule has 2 aromatic carbocycles. The molecule has 0 spiro atoms. The molecule has 0 aliphatic rings. The van der Waals surface area contributed by atoms with Crippen LogP contribution in [0, 0.1) is 6.92 Å². The second-order valence-electron chi connectivity index (χ2n) is 9.29. The Labute approximate surface area is 226 Å². The molecule has 2 amide bonds. The van der Waals surface area contributed by atoms with E-state index >= 15 is 0 Å². The van der Waals surface area contributed by atoms with Gasteiger partial charge in [0.15, 0.2) is 0 Å². The second-order valence-corrected chi connectivity index (χ2v) is 11.6. The van der Waals surface area contributed by atoms with Gasteiger partial charge in [0.05, 0.1) is 24.1 Å². The van der Waals surface area contributed by atoms with Crippen LogP contribution >= 0.6 is 11.6 Å². The van der Waals surface area contributed by atoms with Gasteiger partial charge in [-0.3, -0.25) is 13.9 Å². The number of nitrogens with one attached hydrogen (secondary N) is 1. The molecule has 37 heavy (non-hydrogen) atoms. The molecular weight excluding hydrogens is 514 g/mol. The first kappa shape index (κ1) is 30.4. The maximum atomic E-state index is 13.5. The number of anilines is 1. The SMILES string of the molecule is CC[C@H](C(=O)NC(C)C)N(Cc1ccccc1C)C(=O)CCCN(c1ccc(OC)c(Cl)c1)S(C)(=O)=O. The zero-order valence-corrected chi connectivity index (χ0v) is 24.0. The van der Waals surface area contributed by atoms with Crippen molar-refractivity contribution in [3.8, 4) is 5.75 Å². The summed E-state index contributed by atoms with van der Waals surface area (Å²) in [7, 11) is -2.15. The summed E-state index contributed by atoms with van der Waals surface area (Å²) in [5.74, 6) is 0.0199. The number of amides is 2. The van der Waals surface area contributed by atoms with Crippen LogP contribution in [0.1, 0.15) is 51.2 Å². The predicted octanol–water partition coefficient (Wildman–Crippen LogP) is 4.54. The highest BCUT2D eigenvalue weighted by Gasteiger charge is 2.29. The van der Waals surface area contributed by atoms with Crippen molar-refractivity contribution in [1.29, 1.82) is 0 Å². The van der Waals surface area contributed by atoms with E-state index in [9.17, 15) is 18.0 Å². The fourth-order valence-electron chi connectivity index (χ4n) is 4.09. The van der Waals surface area contributed by atoms with Crippen LogP contribution in [-0.2, 0) is 26.2 Å². The lowest BCUT2D eigenvalue weighted by atomic mass is 10.0. The molecule has 1 atom stereocenters. The maximum Gasteiger partial charge on any atom is 0.243 e. The predicted molar refractivity (Wildman–Crippen MR) is 149 cm³/mol. The number of sulfonamides is 1. The van der Waals surface area contributed by atoms with Crippen molar-refractivity contribution in [2.24, 2.45) is 0 Å². The summed E-state index contributed by atoms with van der Waals surface area (Å²) in [5.41, 5.74) is 2.37. The number of halogens is 1. The zero-order valence-electron chi connectivity index (χ0n) is 22.5. The highest BCUT2D eigenvalue weighted by atomic mass is 35.5. The average molecular weight is 552 g/mol. The van der Waals surface area contributed by atoms with Crippen LogP contribution in [0.4, 0.5) is 5.69 Å². The molecule has 0 saturated heterocycles. The quantitative estimate of drug-likeness (QED) is 0.394. The number of rotatable bonds is 13. The molecule has 204 valence electrons. The van der Waals surface area contributed by atoms with Gasteiger partial charge in [0, 0.05) is 25.6 Å². The van der Waals surface area contributed by atoms with Crippen LogP contribution in [0.5, 0.6) is 5.75 Å². The summed E-state index contributed by atoms with van der Waals surface area (Å²) < 4.78 is 31.4. The third-order valence-corrected chi connectivity index (χ3v) is 7.48. The lowest BCUT2D eigenvalue weighted by Gasteiger charge is -2.32. The number of benzene rings is 2. The van der Waals surface area contributed by atoms with E-state index in [0.29, 0.717) is 24.4 Å². The van der Waals surface area contributed by atoms with Crippen molar-refractivity contribution in [1.82, 2.24) is 10.2 Å². The highest BCUT2D eigenvalue weighted by molar-refractivity contribution is 7.92. The van der Waals surface area contributed by atoms with Crippen LogP contribution in [0.3, 0.4) is 0 Å². The third-order valence-electron chi connectivity index (χ3n) is 5.99. The van der Waals surface area contributed by atoms with E-state index in [1.165, 1.54) is 17.5 Å². The molecule has 0 aliphatic carbocycles. The summed E-state index contributed by atoms with van der Waals surface area (Å²) in [5, 5.41) is 3.20. The summed E-state index contributed by atoms with van der Waals surface area (Å²) in [6, 6.07) is 11.8. The van der Waals surface area contributed by atoms with Crippen LogP contribution in [0.15, 0.2) is 42.5 Å². The number of hydrogen-bond acceptors (Lipinski definition) is 5. The molecule has 8 nitrogen and oxygen atoms in total. The molecule has 0 heterocycles. The Morgan fingerprint density at radius 1 is 1.14 bits per heavy atom. The minimum absolute atomic E-state index is 0.0587. The van der Waals surface area contributed by atoms with Gasteiger partial charge in [-0.25, -0.2) is 8.42 Å². The number of nitrogens with zero attached hydrogens (tertiary/aromatic N) is 2. The van der Waals surface area contributed by atoms with Crippen molar-refractivity contribution in [3.05, 3.63) is 58.6 Å². The van der Waals surface area contributed by atoms with Gasteiger partial charge in [0.1, 0.15) is 11.8 Å². The number of methoxy groups -OCH3 is 1. The van der Waals surface area contributed by atoms with Gasteiger partial charge in [-0.05, 0) is 62.9 Å². The van der Waals surface area contributed by atoms with Gasteiger partial charge in [-0.2, -0.15) is 0 Å². The van der Waals surface area contributed by atoms with Gasteiger partial charge in [0.25, 0.3) is 0 Å². The molecule has 10 heteroatoms. The monoisotopic (exact) mass is 551 g/mol. The molecule has 0 unspecified atom stereocenters. The molecule has 0 radical (unpaired) electrons. The molecular formula is C27H38ClN3O5S. The van der Waals surface area contributed by atoms with E-state index in [0.717, 1.165) is 17.4 Å². The number of ether oxygens (including phenoxy) is 1. The second kappa shape index (κ2) is 13.7. The Kier molecular flexibility index (Phi) is 11.3. The van der Waals surface area contributed by atoms with E-state index in [2.05, 4.69) is 5.32 Å². The maximum absolute atomic E-state index is 13.5. The van der Waals surface area contributed by atoms with E-state index < -0.39 is 16.1 Å². The molecule has 2 rings (SSSR count). The highest BCUT2D eigenvalue weighted by Crippen LogP contribution is 2.30. The lowest BCUT2D eigenvalue weighted by molar-refractivity contribution is -0.141. The fourth-order valence-corrected chi connectivity index (χ4v) is 5.29. The Balaban J connectivity index is 2.25. The number of carbonyl (C=O) groups excluding carboxylic acids is 2. The largest absolute Gasteiger partial charge is 0.495 e. The van der Waals surface area contributed by atoms with Crippen LogP contribution in [-0.4, -0.2) is 57.1 Å². The first-order chi connectivity index (χ1) is 17.4. The third kappa shape index (κ3) is 8.64. The first-order valence-corrected chi connectivity index (χ1v) is 14.6. The van der Waals surface area contributed by atoms with E-state index in [1.54, 1.807) is 17.0 Å². The number of aryl methyl sites for hydroxylation is 1. The van der Waals surface area contributed by atoms with Crippen molar-refractivity contribution in [2.45, 2.75) is 65.6 Å². The van der Waals surface area contributed by atoms with Crippen LogP contribution in [0.2, 0.25) is 5.02 Å². The minimum atomic E-state index is -3.63. The summed E-state index contributed by atoms with van der Waals surface area (Å²) in [6.07, 6.45) is 1.91. The van der Waals surface area contributed by atoms with Gasteiger partial charge in [0.2, 0.25) is 21.8 Å². The fraction of sp³-hybridized carbons (Fsp3) is 0.481. The normalized spacial score (nSPS) is 12.2. The molecule has 0 aliphatic heterocycles. The van der Waals surface area contributed by atoms with E-state index in [4.69, 9.17) is 16.3 Å². The van der Waals surface area contributed by atoms with Gasteiger partial charge >= 0.3 is 0 Å². The van der Waals surface area contributed by atoms with Gasteiger partial charge in [-0.15, -0.1) is 0 Å².